The van der Waals surface area contributed by atoms with Gasteiger partial charge in [0.2, 0.25) is 0 Å². The summed E-state index contributed by atoms with van der Waals surface area (Å²) in [6.45, 7) is 4.02. The lowest BCUT2D eigenvalue weighted by atomic mass is 10.1. The van der Waals surface area contributed by atoms with Gasteiger partial charge in [0.25, 0.3) is 0 Å². The van der Waals surface area contributed by atoms with Crippen molar-refractivity contribution < 1.29 is 9.90 Å². The number of hydrogen-bond acceptors (Lipinski definition) is 1. The topological polar surface area (TPSA) is 37.3 Å². The van der Waals surface area contributed by atoms with Crippen LogP contribution in [0.5, 0.6) is 0 Å². The first kappa shape index (κ1) is 22.9. The van der Waals surface area contributed by atoms with E-state index < -0.39 is 5.97 Å². The third kappa shape index (κ3) is 19.9. The summed E-state index contributed by atoms with van der Waals surface area (Å²) in [7, 11) is 0. The highest BCUT2D eigenvalue weighted by molar-refractivity contribution is 5.80. The molecule has 0 atom stereocenters. The summed E-state index contributed by atoms with van der Waals surface area (Å²) in [5, 5.41) is 8.62. The molecule has 138 valence electrons. The molecule has 0 aliphatic heterocycles. The summed E-state index contributed by atoms with van der Waals surface area (Å²) in [6.07, 6.45) is 31.1. The van der Waals surface area contributed by atoms with Crippen molar-refractivity contribution in [3.8, 4) is 0 Å². The van der Waals surface area contributed by atoms with E-state index in [0.717, 1.165) is 56.9 Å². The molecular weight excluding hydrogens is 308 g/mol. The monoisotopic (exact) mass is 342 g/mol. The molecule has 0 saturated carbocycles. The molecular formula is C23H34O2. The van der Waals surface area contributed by atoms with Crippen LogP contribution in [0.1, 0.15) is 65.2 Å². The first-order valence-electron chi connectivity index (χ1n) is 9.31. The van der Waals surface area contributed by atoms with Gasteiger partial charge in [-0.25, -0.2) is 4.79 Å². The summed E-state index contributed by atoms with van der Waals surface area (Å²) < 4.78 is 0. The quantitative estimate of drug-likeness (QED) is 0.211. The summed E-state index contributed by atoms with van der Waals surface area (Å²) >= 11 is 0. The Morgan fingerprint density at radius 2 is 1.20 bits per heavy atom. The third-order valence-electron chi connectivity index (χ3n) is 3.47. The van der Waals surface area contributed by atoms with Crippen LogP contribution in [0.25, 0.3) is 0 Å². The largest absolute Gasteiger partial charge is 0.478 e. The fraction of sp³-hybridized carbons (Fsp3) is 0.435. The zero-order chi connectivity index (χ0) is 18.6. The van der Waals surface area contributed by atoms with Crippen LogP contribution >= 0.6 is 0 Å². The maximum absolute atomic E-state index is 10.5. The Kier molecular flexibility index (Phi) is 16.7. The van der Waals surface area contributed by atoms with E-state index in [1.54, 1.807) is 0 Å². The minimum Gasteiger partial charge on any atom is -0.478 e. The number of unbranched alkanes of at least 4 members (excludes halogenated alkanes) is 1. The number of carbonyl (C=O) groups is 1. The predicted octanol–water partition coefficient (Wildman–Crippen LogP) is 6.94. The summed E-state index contributed by atoms with van der Waals surface area (Å²) in [4.78, 5) is 10.5. The Bertz CT molecular complexity index is 502. The van der Waals surface area contributed by atoms with Gasteiger partial charge in [-0.2, -0.15) is 0 Å². The van der Waals surface area contributed by atoms with E-state index in [1.165, 1.54) is 6.08 Å². The lowest BCUT2D eigenvalue weighted by molar-refractivity contribution is -0.131. The minimum absolute atomic E-state index is 0.848. The maximum atomic E-state index is 10.5. The SMILES string of the molecule is CCC=CCC=CCC=CCC=CCC=CCCC/C(C)=C/C(=O)O. The van der Waals surface area contributed by atoms with Crippen LogP contribution in [-0.2, 0) is 4.79 Å². The van der Waals surface area contributed by atoms with Crippen molar-refractivity contribution in [2.24, 2.45) is 0 Å². The van der Waals surface area contributed by atoms with Gasteiger partial charge in [-0.3, -0.25) is 0 Å². The number of aliphatic carboxylic acids is 1. The van der Waals surface area contributed by atoms with E-state index in [9.17, 15) is 4.79 Å². The fourth-order valence-corrected chi connectivity index (χ4v) is 2.15. The summed E-state index contributed by atoms with van der Waals surface area (Å²) in [5.74, 6) is -0.854. The molecule has 0 aliphatic carbocycles. The van der Waals surface area contributed by atoms with Gasteiger partial charge in [0.15, 0.2) is 0 Å². The molecule has 0 unspecified atom stereocenters. The van der Waals surface area contributed by atoms with Crippen LogP contribution in [0, 0.1) is 0 Å². The van der Waals surface area contributed by atoms with Gasteiger partial charge in [0.1, 0.15) is 0 Å². The number of carboxylic acid groups (broad SMARTS) is 1. The van der Waals surface area contributed by atoms with Crippen molar-refractivity contribution in [3.63, 3.8) is 0 Å². The Morgan fingerprint density at radius 1 is 0.760 bits per heavy atom. The van der Waals surface area contributed by atoms with Crippen LogP contribution in [0.2, 0.25) is 0 Å². The van der Waals surface area contributed by atoms with Gasteiger partial charge in [-0.15, -0.1) is 0 Å². The smallest absolute Gasteiger partial charge is 0.328 e. The number of hydrogen-bond donors (Lipinski definition) is 1. The second-order valence-corrected chi connectivity index (χ2v) is 5.93. The summed E-state index contributed by atoms with van der Waals surface area (Å²) in [5.41, 5.74) is 0.930. The van der Waals surface area contributed by atoms with Crippen molar-refractivity contribution in [3.05, 3.63) is 72.4 Å². The van der Waals surface area contributed by atoms with Crippen molar-refractivity contribution in [2.75, 3.05) is 0 Å². The minimum atomic E-state index is -0.854. The van der Waals surface area contributed by atoms with Crippen LogP contribution in [0.4, 0.5) is 0 Å². The van der Waals surface area contributed by atoms with Gasteiger partial charge in [0, 0.05) is 6.08 Å². The van der Waals surface area contributed by atoms with Crippen LogP contribution < -0.4 is 0 Å². The molecule has 0 fully saturated rings. The molecule has 0 aliphatic rings. The Labute approximate surface area is 154 Å². The van der Waals surface area contributed by atoms with E-state index in [-0.39, 0.29) is 0 Å². The average molecular weight is 343 g/mol. The molecule has 0 aromatic heterocycles. The number of rotatable bonds is 14. The zero-order valence-corrected chi connectivity index (χ0v) is 15.9. The van der Waals surface area contributed by atoms with Crippen LogP contribution in [0.15, 0.2) is 72.4 Å². The highest BCUT2D eigenvalue weighted by atomic mass is 16.4. The first-order valence-corrected chi connectivity index (χ1v) is 9.31. The van der Waals surface area contributed by atoms with Crippen molar-refractivity contribution in [1.82, 2.24) is 0 Å². The van der Waals surface area contributed by atoms with E-state index >= 15 is 0 Å². The van der Waals surface area contributed by atoms with Gasteiger partial charge in [-0.1, -0.05) is 73.3 Å². The van der Waals surface area contributed by atoms with Gasteiger partial charge in [0.05, 0.1) is 0 Å². The Morgan fingerprint density at radius 3 is 1.64 bits per heavy atom. The molecule has 25 heavy (non-hydrogen) atoms. The molecule has 0 amide bonds. The second kappa shape index (κ2) is 18.3. The molecule has 0 aromatic rings. The molecule has 2 nitrogen and oxygen atoms in total. The van der Waals surface area contributed by atoms with Crippen LogP contribution in [-0.4, -0.2) is 11.1 Å². The molecule has 0 bridgehead atoms. The molecule has 0 saturated heterocycles. The Hall–Kier alpha value is -2.09. The predicted molar refractivity (Wildman–Crippen MR) is 110 cm³/mol. The lowest BCUT2D eigenvalue weighted by Crippen LogP contribution is -1.89. The number of carboxylic acids is 1. The molecule has 0 aromatic carbocycles. The molecule has 0 rings (SSSR count). The maximum Gasteiger partial charge on any atom is 0.328 e. The highest BCUT2D eigenvalue weighted by Crippen LogP contribution is 2.07. The molecule has 0 heterocycles. The van der Waals surface area contributed by atoms with Crippen molar-refractivity contribution in [1.29, 1.82) is 0 Å². The van der Waals surface area contributed by atoms with Gasteiger partial charge in [-0.05, 0) is 58.3 Å². The molecule has 0 spiro atoms. The highest BCUT2D eigenvalue weighted by Gasteiger charge is 1.93. The van der Waals surface area contributed by atoms with Gasteiger partial charge >= 0.3 is 5.97 Å². The van der Waals surface area contributed by atoms with Crippen molar-refractivity contribution >= 4 is 5.97 Å². The average Bonchev–Trinajstić information content (AvgIpc) is 2.57. The van der Waals surface area contributed by atoms with E-state index in [2.05, 4.69) is 67.7 Å². The molecule has 0 radical (unpaired) electrons. The fourth-order valence-electron chi connectivity index (χ4n) is 2.15. The molecule has 1 N–H and O–H groups in total. The van der Waals surface area contributed by atoms with E-state index in [1.807, 2.05) is 6.92 Å². The molecule has 2 heteroatoms. The van der Waals surface area contributed by atoms with Crippen LogP contribution in [0.3, 0.4) is 0 Å². The number of allylic oxidation sites excluding steroid dienone is 11. The third-order valence-corrected chi connectivity index (χ3v) is 3.47. The van der Waals surface area contributed by atoms with Gasteiger partial charge < -0.3 is 5.11 Å². The standard InChI is InChI=1S/C23H34O2/c1-3-4-5-6-7-8-9-10-11-12-13-14-15-16-17-18-19-20-22(2)21-23(24)25/h4-5,7-8,10-11,13-14,16-17,21H,3,6,9,12,15,18-20H2,1-2H3,(H,24,25)/b5-4?,8-7?,11-10?,14-13?,17-16?,22-21+. The zero-order valence-electron chi connectivity index (χ0n) is 15.9. The summed E-state index contributed by atoms with van der Waals surface area (Å²) in [6, 6.07) is 0. The lowest BCUT2D eigenvalue weighted by Gasteiger charge is -1.96. The van der Waals surface area contributed by atoms with E-state index in [4.69, 9.17) is 5.11 Å². The second-order valence-electron chi connectivity index (χ2n) is 5.93. The van der Waals surface area contributed by atoms with E-state index in [0.29, 0.717) is 0 Å². The normalized spacial score (nSPS) is 13.4. The first-order chi connectivity index (χ1) is 12.2. The Balaban J connectivity index is 3.58. The van der Waals surface area contributed by atoms with Crippen molar-refractivity contribution in [2.45, 2.75) is 65.2 Å².